The first-order valence-corrected chi connectivity index (χ1v) is 5.30. The lowest BCUT2D eigenvalue weighted by molar-refractivity contribution is 1.13. The summed E-state index contributed by atoms with van der Waals surface area (Å²) in [4.78, 5) is 1.34. The van der Waals surface area contributed by atoms with Crippen molar-refractivity contribution in [2.75, 3.05) is 13.3 Å². The molecule has 0 aliphatic rings. The van der Waals surface area contributed by atoms with Crippen molar-refractivity contribution in [3.8, 4) is 0 Å². The monoisotopic (exact) mass is 183 g/mol. The molecular formula is C10H17NS. The number of nitrogens with two attached hydrogens (primary N) is 1. The van der Waals surface area contributed by atoms with E-state index in [4.69, 9.17) is 0 Å². The fourth-order valence-electron chi connectivity index (χ4n) is 0.861. The number of aryl methyl sites for hydroxylation is 1. The Bertz CT molecular complexity index is 170. The molecule has 1 aromatic rings. The second kappa shape index (κ2) is 7.19. The molecule has 0 fully saturated rings. The van der Waals surface area contributed by atoms with Crippen molar-refractivity contribution < 1.29 is 0 Å². The molecule has 1 rings (SSSR count). The molecule has 0 atom stereocenters. The number of hydrogen-bond acceptors (Lipinski definition) is 2. The first-order valence-electron chi connectivity index (χ1n) is 4.07. The standard InChI is InChI=1S/C9H12S.CH5N/c1-3-8-4-6-9(10-2)7-5-8;1-2/h4-7H,3H2,1-2H3;2H2,1H3. The molecule has 0 aromatic heterocycles. The van der Waals surface area contributed by atoms with Gasteiger partial charge in [0.25, 0.3) is 0 Å². The van der Waals surface area contributed by atoms with E-state index in [1.807, 2.05) is 0 Å². The van der Waals surface area contributed by atoms with Gasteiger partial charge in [0.2, 0.25) is 0 Å². The summed E-state index contributed by atoms with van der Waals surface area (Å²) in [5, 5.41) is 0. The van der Waals surface area contributed by atoms with E-state index in [0.29, 0.717) is 0 Å². The lowest BCUT2D eigenvalue weighted by Crippen LogP contribution is -1.77. The SMILES string of the molecule is CCc1ccc(SC)cc1.CN. The molecule has 0 radical (unpaired) electrons. The van der Waals surface area contributed by atoms with Gasteiger partial charge in [0.15, 0.2) is 0 Å². The number of rotatable bonds is 2. The summed E-state index contributed by atoms with van der Waals surface area (Å²) < 4.78 is 0. The molecule has 0 aliphatic carbocycles. The zero-order valence-electron chi connectivity index (χ0n) is 8.00. The highest BCUT2D eigenvalue weighted by Gasteiger charge is 1.88. The van der Waals surface area contributed by atoms with Crippen LogP contribution in [-0.2, 0) is 6.42 Å². The average molecular weight is 183 g/mol. The molecule has 1 aromatic carbocycles. The summed E-state index contributed by atoms with van der Waals surface area (Å²) in [6.45, 7) is 2.17. The van der Waals surface area contributed by atoms with Gasteiger partial charge in [-0.25, -0.2) is 0 Å². The van der Waals surface area contributed by atoms with Crippen LogP contribution in [0.2, 0.25) is 0 Å². The second-order valence-electron chi connectivity index (χ2n) is 2.20. The Morgan fingerprint density at radius 2 is 1.67 bits per heavy atom. The van der Waals surface area contributed by atoms with Gasteiger partial charge in [-0.3, -0.25) is 0 Å². The Labute approximate surface area is 79.4 Å². The Kier molecular flexibility index (Phi) is 6.91. The Balaban J connectivity index is 0.000000561. The van der Waals surface area contributed by atoms with Crippen molar-refractivity contribution in [2.45, 2.75) is 18.2 Å². The highest BCUT2D eigenvalue weighted by Crippen LogP contribution is 2.14. The molecule has 0 spiro atoms. The van der Waals surface area contributed by atoms with Crippen LogP contribution in [0.4, 0.5) is 0 Å². The first kappa shape index (κ1) is 11.5. The fraction of sp³-hybridized carbons (Fsp3) is 0.400. The summed E-state index contributed by atoms with van der Waals surface area (Å²) in [7, 11) is 1.50. The van der Waals surface area contributed by atoms with Gasteiger partial charge in [-0.15, -0.1) is 11.8 Å². The van der Waals surface area contributed by atoms with Crippen molar-refractivity contribution in [3.05, 3.63) is 29.8 Å². The minimum absolute atomic E-state index is 1.13. The molecule has 0 aliphatic heterocycles. The van der Waals surface area contributed by atoms with E-state index in [-0.39, 0.29) is 0 Å². The zero-order chi connectivity index (χ0) is 9.40. The Morgan fingerprint density at radius 3 is 2.00 bits per heavy atom. The zero-order valence-corrected chi connectivity index (χ0v) is 8.82. The average Bonchev–Trinajstić information content (AvgIpc) is 2.21. The van der Waals surface area contributed by atoms with E-state index in [1.165, 1.54) is 17.5 Å². The first-order chi connectivity index (χ1) is 5.86. The third-order valence-corrected chi connectivity index (χ3v) is 2.31. The van der Waals surface area contributed by atoms with E-state index in [9.17, 15) is 0 Å². The summed E-state index contributed by atoms with van der Waals surface area (Å²) in [6, 6.07) is 8.71. The van der Waals surface area contributed by atoms with Crippen LogP contribution < -0.4 is 5.73 Å². The maximum atomic E-state index is 4.50. The van der Waals surface area contributed by atoms with Gasteiger partial charge >= 0.3 is 0 Å². The molecule has 68 valence electrons. The smallest absolute Gasteiger partial charge is 0.00693 e. The fourth-order valence-corrected chi connectivity index (χ4v) is 1.27. The quantitative estimate of drug-likeness (QED) is 0.713. The van der Waals surface area contributed by atoms with Gasteiger partial charge in [0.05, 0.1) is 0 Å². The van der Waals surface area contributed by atoms with Gasteiger partial charge < -0.3 is 5.73 Å². The molecule has 0 amide bonds. The summed E-state index contributed by atoms with van der Waals surface area (Å²) in [5.41, 5.74) is 5.91. The van der Waals surface area contributed by atoms with Gasteiger partial charge in [0.1, 0.15) is 0 Å². The predicted molar refractivity (Wildman–Crippen MR) is 57.7 cm³/mol. The van der Waals surface area contributed by atoms with Crippen molar-refractivity contribution in [2.24, 2.45) is 5.73 Å². The summed E-state index contributed by atoms with van der Waals surface area (Å²) >= 11 is 1.79. The molecule has 0 saturated heterocycles. The van der Waals surface area contributed by atoms with Gasteiger partial charge in [-0.05, 0) is 37.4 Å². The molecule has 1 nitrogen and oxygen atoms in total. The Morgan fingerprint density at radius 1 is 1.17 bits per heavy atom. The van der Waals surface area contributed by atoms with Crippen LogP contribution in [0.3, 0.4) is 0 Å². The normalized spacial score (nSPS) is 8.67. The number of thioether (sulfide) groups is 1. The lowest BCUT2D eigenvalue weighted by atomic mass is 10.2. The van der Waals surface area contributed by atoms with Crippen LogP contribution in [0.15, 0.2) is 29.2 Å². The van der Waals surface area contributed by atoms with Crippen LogP contribution in [0.25, 0.3) is 0 Å². The largest absolute Gasteiger partial charge is 0.333 e. The number of benzene rings is 1. The van der Waals surface area contributed by atoms with Crippen LogP contribution in [0.1, 0.15) is 12.5 Å². The van der Waals surface area contributed by atoms with Crippen molar-refractivity contribution in [1.29, 1.82) is 0 Å². The van der Waals surface area contributed by atoms with E-state index in [1.54, 1.807) is 11.8 Å². The molecule has 2 N–H and O–H groups in total. The van der Waals surface area contributed by atoms with Crippen LogP contribution >= 0.6 is 11.8 Å². The second-order valence-corrected chi connectivity index (χ2v) is 3.08. The molecular weight excluding hydrogens is 166 g/mol. The van der Waals surface area contributed by atoms with Crippen molar-refractivity contribution >= 4 is 11.8 Å². The minimum atomic E-state index is 1.13. The van der Waals surface area contributed by atoms with Crippen LogP contribution in [0.5, 0.6) is 0 Å². The third kappa shape index (κ3) is 3.79. The molecule has 2 heteroatoms. The van der Waals surface area contributed by atoms with Crippen LogP contribution in [-0.4, -0.2) is 13.3 Å². The van der Waals surface area contributed by atoms with E-state index in [2.05, 4.69) is 43.2 Å². The maximum Gasteiger partial charge on any atom is 0.00693 e. The molecule has 0 bridgehead atoms. The highest BCUT2D eigenvalue weighted by atomic mass is 32.2. The summed E-state index contributed by atoms with van der Waals surface area (Å²) in [6.07, 6.45) is 3.23. The van der Waals surface area contributed by atoms with Crippen LogP contribution in [0, 0.1) is 0 Å². The van der Waals surface area contributed by atoms with Gasteiger partial charge in [0, 0.05) is 4.90 Å². The maximum absolute atomic E-state index is 4.50. The summed E-state index contributed by atoms with van der Waals surface area (Å²) in [5.74, 6) is 0. The van der Waals surface area contributed by atoms with Crippen molar-refractivity contribution in [3.63, 3.8) is 0 Å². The Hall–Kier alpha value is -0.470. The molecule has 12 heavy (non-hydrogen) atoms. The van der Waals surface area contributed by atoms with E-state index >= 15 is 0 Å². The minimum Gasteiger partial charge on any atom is -0.333 e. The highest BCUT2D eigenvalue weighted by molar-refractivity contribution is 7.98. The lowest BCUT2D eigenvalue weighted by Gasteiger charge is -1.97. The topological polar surface area (TPSA) is 26.0 Å². The predicted octanol–water partition coefficient (Wildman–Crippen LogP) is 2.55. The van der Waals surface area contributed by atoms with E-state index < -0.39 is 0 Å². The third-order valence-electron chi connectivity index (χ3n) is 1.57. The number of hydrogen-bond donors (Lipinski definition) is 1. The molecule has 0 unspecified atom stereocenters. The van der Waals surface area contributed by atoms with Gasteiger partial charge in [-0.2, -0.15) is 0 Å². The van der Waals surface area contributed by atoms with E-state index in [0.717, 1.165) is 6.42 Å². The molecule has 0 saturated carbocycles. The van der Waals surface area contributed by atoms with Gasteiger partial charge in [-0.1, -0.05) is 19.1 Å². The van der Waals surface area contributed by atoms with Crippen molar-refractivity contribution in [1.82, 2.24) is 0 Å². The molecule has 0 heterocycles.